The van der Waals surface area contributed by atoms with Gasteiger partial charge >= 0.3 is 0 Å². The van der Waals surface area contributed by atoms with E-state index in [9.17, 15) is 4.79 Å². The average Bonchev–Trinajstić information content (AvgIpc) is 2.77. The SMILES string of the molecule is CCCC1NC(C(C)C)N(C2CCCN(CC)C2)C1=O. The van der Waals surface area contributed by atoms with E-state index in [1.54, 1.807) is 0 Å². The fourth-order valence-corrected chi connectivity index (χ4v) is 3.64. The number of hydrogen-bond donors (Lipinski definition) is 1. The van der Waals surface area contributed by atoms with Crippen molar-refractivity contribution in [1.82, 2.24) is 15.1 Å². The molecule has 20 heavy (non-hydrogen) atoms. The van der Waals surface area contributed by atoms with Gasteiger partial charge in [-0.25, -0.2) is 0 Å². The summed E-state index contributed by atoms with van der Waals surface area (Å²) in [6, 6.07) is 0.447. The number of rotatable bonds is 5. The van der Waals surface area contributed by atoms with Gasteiger partial charge in [0.05, 0.1) is 12.2 Å². The van der Waals surface area contributed by atoms with Gasteiger partial charge in [0, 0.05) is 12.6 Å². The molecule has 2 heterocycles. The predicted octanol–water partition coefficient (Wildman–Crippen LogP) is 2.05. The van der Waals surface area contributed by atoms with Crippen molar-refractivity contribution in [1.29, 1.82) is 0 Å². The lowest BCUT2D eigenvalue weighted by Crippen LogP contribution is -2.53. The Morgan fingerprint density at radius 2 is 2.10 bits per heavy atom. The summed E-state index contributed by atoms with van der Waals surface area (Å²) >= 11 is 0. The zero-order valence-corrected chi connectivity index (χ0v) is 13.6. The molecule has 0 aromatic rings. The Morgan fingerprint density at radius 1 is 1.35 bits per heavy atom. The Bertz CT molecular complexity index is 332. The van der Waals surface area contributed by atoms with E-state index in [4.69, 9.17) is 0 Å². The van der Waals surface area contributed by atoms with Gasteiger partial charge in [-0.3, -0.25) is 10.1 Å². The van der Waals surface area contributed by atoms with Crippen LogP contribution < -0.4 is 5.32 Å². The smallest absolute Gasteiger partial charge is 0.241 e. The Morgan fingerprint density at radius 3 is 2.70 bits per heavy atom. The molecule has 2 aliphatic rings. The molecule has 4 heteroatoms. The van der Waals surface area contributed by atoms with Crippen LogP contribution in [0.1, 0.15) is 53.4 Å². The molecule has 116 valence electrons. The van der Waals surface area contributed by atoms with Crippen LogP contribution >= 0.6 is 0 Å². The van der Waals surface area contributed by atoms with Crippen molar-refractivity contribution >= 4 is 5.91 Å². The molecule has 2 rings (SSSR count). The van der Waals surface area contributed by atoms with Crippen LogP contribution in [-0.4, -0.2) is 53.6 Å². The van der Waals surface area contributed by atoms with E-state index in [1.165, 1.54) is 13.0 Å². The van der Waals surface area contributed by atoms with Crippen LogP contribution in [0.15, 0.2) is 0 Å². The topological polar surface area (TPSA) is 35.6 Å². The van der Waals surface area contributed by atoms with Gasteiger partial charge in [-0.2, -0.15) is 0 Å². The molecule has 0 spiro atoms. The molecule has 1 N–H and O–H groups in total. The van der Waals surface area contributed by atoms with Gasteiger partial charge in [0.2, 0.25) is 5.91 Å². The lowest BCUT2D eigenvalue weighted by atomic mass is 10.0. The molecular formula is C16H31N3O. The van der Waals surface area contributed by atoms with Gasteiger partial charge in [-0.05, 0) is 38.3 Å². The van der Waals surface area contributed by atoms with Crippen molar-refractivity contribution in [3.05, 3.63) is 0 Å². The zero-order chi connectivity index (χ0) is 14.7. The Labute approximate surface area is 123 Å². The highest BCUT2D eigenvalue weighted by Gasteiger charge is 2.43. The van der Waals surface area contributed by atoms with Crippen LogP contribution in [0.4, 0.5) is 0 Å². The van der Waals surface area contributed by atoms with Gasteiger partial charge in [0.1, 0.15) is 0 Å². The molecule has 0 saturated carbocycles. The summed E-state index contributed by atoms with van der Waals surface area (Å²) in [6.45, 7) is 12.1. The lowest BCUT2D eigenvalue weighted by Gasteiger charge is -2.40. The second-order valence-corrected chi connectivity index (χ2v) is 6.63. The van der Waals surface area contributed by atoms with Gasteiger partial charge in [0.15, 0.2) is 0 Å². The molecule has 4 nitrogen and oxygen atoms in total. The van der Waals surface area contributed by atoms with E-state index < -0.39 is 0 Å². The maximum absolute atomic E-state index is 12.7. The first-order chi connectivity index (χ1) is 9.58. The lowest BCUT2D eigenvalue weighted by molar-refractivity contribution is -0.134. The monoisotopic (exact) mass is 281 g/mol. The van der Waals surface area contributed by atoms with E-state index in [0.29, 0.717) is 17.9 Å². The number of amides is 1. The average molecular weight is 281 g/mol. The highest BCUT2D eigenvalue weighted by molar-refractivity contribution is 5.84. The number of piperidine rings is 1. The molecule has 1 amide bonds. The van der Waals surface area contributed by atoms with Crippen molar-refractivity contribution < 1.29 is 4.79 Å². The highest BCUT2D eigenvalue weighted by Crippen LogP contribution is 2.26. The second kappa shape index (κ2) is 6.90. The molecule has 3 atom stereocenters. The third-order valence-electron chi connectivity index (χ3n) is 4.75. The van der Waals surface area contributed by atoms with Gasteiger partial charge in [0.25, 0.3) is 0 Å². The minimum atomic E-state index is 0.0457. The van der Waals surface area contributed by atoms with Crippen LogP contribution in [-0.2, 0) is 4.79 Å². The first-order valence-electron chi connectivity index (χ1n) is 8.39. The number of hydrogen-bond acceptors (Lipinski definition) is 3. The Balaban J connectivity index is 2.11. The summed E-state index contributed by atoms with van der Waals surface area (Å²) in [5.41, 5.74) is 0. The molecule has 0 aromatic heterocycles. The Hall–Kier alpha value is -0.610. The summed E-state index contributed by atoms with van der Waals surface area (Å²) in [5.74, 6) is 0.811. The molecule has 3 unspecified atom stereocenters. The van der Waals surface area contributed by atoms with Crippen LogP contribution in [0.5, 0.6) is 0 Å². The number of carbonyl (C=O) groups excluding carboxylic acids is 1. The second-order valence-electron chi connectivity index (χ2n) is 6.63. The molecule has 0 aliphatic carbocycles. The normalized spacial score (nSPS) is 32.4. The minimum Gasteiger partial charge on any atom is -0.321 e. The molecular weight excluding hydrogens is 250 g/mol. The first kappa shape index (κ1) is 15.8. The van der Waals surface area contributed by atoms with E-state index in [-0.39, 0.29) is 12.2 Å². The van der Waals surface area contributed by atoms with Crippen LogP contribution in [0.2, 0.25) is 0 Å². The third kappa shape index (κ3) is 3.17. The zero-order valence-electron chi connectivity index (χ0n) is 13.6. The maximum atomic E-state index is 12.7. The van der Waals surface area contributed by atoms with Crippen molar-refractivity contribution in [3.63, 3.8) is 0 Å². The molecule has 0 aromatic carbocycles. The number of nitrogens with zero attached hydrogens (tertiary/aromatic N) is 2. The van der Waals surface area contributed by atoms with E-state index in [1.807, 2.05) is 0 Å². The van der Waals surface area contributed by atoms with E-state index in [2.05, 4.69) is 42.8 Å². The predicted molar refractivity (Wildman–Crippen MR) is 82.4 cm³/mol. The number of nitrogens with one attached hydrogen (secondary N) is 1. The van der Waals surface area contributed by atoms with Gasteiger partial charge < -0.3 is 9.80 Å². The summed E-state index contributed by atoms with van der Waals surface area (Å²) < 4.78 is 0. The largest absolute Gasteiger partial charge is 0.321 e. The van der Waals surface area contributed by atoms with Gasteiger partial charge in [-0.15, -0.1) is 0 Å². The number of carbonyl (C=O) groups is 1. The van der Waals surface area contributed by atoms with Crippen LogP contribution in [0.25, 0.3) is 0 Å². The third-order valence-corrected chi connectivity index (χ3v) is 4.75. The highest BCUT2D eigenvalue weighted by atomic mass is 16.2. The molecule has 2 aliphatic heterocycles. The standard InChI is InChI=1S/C16H31N3O/c1-5-8-14-16(20)19(15(17-14)12(3)4)13-9-7-10-18(6-2)11-13/h12-15,17H,5-11H2,1-4H3. The summed E-state index contributed by atoms with van der Waals surface area (Å²) in [4.78, 5) is 17.4. The molecule has 0 bridgehead atoms. The molecule has 2 saturated heterocycles. The Kier molecular flexibility index (Phi) is 5.44. The fourth-order valence-electron chi connectivity index (χ4n) is 3.64. The number of likely N-dealkylation sites (N-methyl/N-ethyl adjacent to an activating group) is 1. The summed E-state index contributed by atoms with van der Waals surface area (Å²) in [5, 5.41) is 3.58. The van der Waals surface area contributed by atoms with E-state index in [0.717, 1.165) is 32.4 Å². The summed E-state index contributed by atoms with van der Waals surface area (Å²) in [7, 11) is 0. The van der Waals surface area contributed by atoms with Crippen molar-refractivity contribution in [3.8, 4) is 0 Å². The van der Waals surface area contributed by atoms with Crippen molar-refractivity contribution in [2.45, 2.75) is 71.6 Å². The molecule has 2 fully saturated rings. The number of likely N-dealkylation sites (tertiary alicyclic amines) is 1. The summed E-state index contributed by atoms with van der Waals surface area (Å²) in [6.07, 6.45) is 4.62. The van der Waals surface area contributed by atoms with Crippen LogP contribution in [0, 0.1) is 5.92 Å². The minimum absolute atomic E-state index is 0.0457. The fraction of sp³-hybridized carbons (Fsp3) is 0.938. The van der Waals surface area contributed by atoms with Crippen molar-refractivity contribution in [2.75, 3.05) is 19.6 Å². The van der Waals surface area contributed by atoms with E-state index >= 15 is 0 Å². The van der Waals surface area contributed by atoms with Gasteiger partial charge in [-0.1, -0.05) is 34.1 Å². The van der Waals surface area contributed by atoms with Crippen LogP contribution in [0.3, 0.4) is 0 Å². The first-order valence-corrected chi connectivity index (χ1v) is 8.39. The van der Waals surface area contributed by atoms with Crippen molar-refractivity contribution in [2.24, 2.45) is 5.92 Å². The quantitative estimate of drug-likeness (QED) is 0.838. The molecule has 0 radical (unpaired) electrons. The maximum Gasteiger partial charge on any atom is 0.241 e.